The van der Waals surface area contributed by atoms with E-state index >= 15 is 0 Å². The minimum atomic E-state index is -0.205. The van der Waals surface area contributed by atoms with E-state index < -0.39 is 0 Å². The van der Waals surface area contributed by atoms with E-state index in [0.717, 1.165) is 0 Å². The molecule has 6 nitrogen and oxygen atoms in total. The van der Waals surface area contributed by atoms with Crippen LogP contribution in [0.1, 0.15) is 5.56 Å². The summed E-state index contributed by atoms with van der Waals surface area (Å²) in [6.07, 6.45) is 4.42. The SMILES string of the molecule is NC(=S)N/N=C\c1cnc2ccccn2c1=O. The van der Waals surface area contributed by atoms with Gasteiger partial charge >= 0.3 is 0 Å². The second-order valence-electron chi connectivity index (χ2n) is 3.18. The van der Waals surface area contributed by atoms with E-state index in [4.69, 9.17) is 5.73 Å². The van der Waals surface area contributed by atoms with E-state index in [-0.39, 0.29) is 10.7 Å². The number of hydrogen-bond donors (Lipinski definition) is 2. The molecule has 0 unspecified atom stereocenters. The van der Waals surface area contributed by atoms with Gasteiger partial charge in [-0.25, -0.2) is 4.98 Å². The molecule has 2 heterocycles. The Morgan fingerprint density at radius 2 is 2.41 bits per heavy atom. The van der Waals surface area contributed by atoms with Gasteiger partial charge in [-0.15, -0.1) is 0 Å². The molecule has 0 saturated carbocycles. The van der Waals surface area contributed by atoms with Gasteiger partial charge in [-0.1, -0.05) is 6.07 Å². The number of hydrogen-bond acceptors (Lipinski definition) is 4. The number of pyridine rings is 1. The van der Waals surface area contributed by atoms with Gasteiger partial charge in [0.15, 0.2) is 5.11 Å². The molecule has 3 N–H and O–H groups in total. The highest BCUT2D eigenvalue weighted by molar-refractivity contribution is 7.80. The van der Waals surface area contributed by atoms with Crippen molar-refractivity contribution < 1.29 is 0 Å². The predicted molar refractivity (Wildman–Crippen MR) is 69.0 cm³/mol. The van der Waals surface area contributed by atoms with E-state index in [2.05, 4.69) is 27.7 Å². The first-order valence-electron chi connectivity index (χ1n) is 4.73. The van der Waals surface area contributed by atoms with Crippen molar-refractivity contribution in [1.29, 1.82) is 0 Å². The molecule has 0 bridgehead atoms. The molecule has 2 aromatic heterocycles. The van der Waals surface area contributed by atoms with Gasteiger partial charge in [0.25, 0.3) is 5.56 Å². The first kappa shape index (κ1) is 11.2. The molecule has 0 atom stereocenters. The molecule has 0 aliphatic heterocycles. The summed E-state index contributed by atoms with van der Waals surface area (Å²) in [6, 6.07) is 5.31. The summed E-state index contributed by atoms with van der Waals surface area (Å²) in [4.78, 5) is 16.1. The van der Waals surface area contributed by atoms with Crippen LogP contribution in [0.3, 0.4) is 0 Å². The molecule has 86 valence electrons. The zero-order chi connectivity index (χ0) is 12.3. The van der Waals surface area contributed by atoms with Crippen LogP contribution in [0.4, 0.5) is 0 Å². The highest BCUT2D eigenvalue weighted by atomic mass is 32.1. The van der Waals surface area contributed by atoms with E-state index in [1.807, 2.05) is 6.07 Å². The summed E-state index contributed by atoms with van der Waals surface area (Å²) >= 11 is 4.57. The van der Waals surface area contributed by atoms with Crippen molar-refractivity contribution in [2.75, 3.05) is 0 Å². The third kappa shape index (κ3) is 2.45. The monoisotopic (exact) mass is 247 g/mol. The number of nitrogens with two attached hydrogens (primary N) is 1. The molecule has 0 fully saturated rings. The Kier molecular flexibility index (Phi) is 3.10. The number of thiocarbonyl (C=S) groups is 1. The summed E-state index contributed by atoms with van der Waals surface area (Å²) in [7, 11) is 0. The van der Waals surface area contributed by atoms with Crippen LogP contribution in [-0.2, 0) is 0 Å². The Labute approximate surface area is 102 Å². The van der Waals surface area contributed by atoms with E-state index in [1.54, 1.807) is 18.3 Å². The molecule has 2 aromatic rings. The molecule has 0 spiro atoms. The molecule has 0 aliphatic carbocycles. The lowest BCUT2D eigenvalue weighted by Crippen LogP contribution is -2.25. The van der Waals surface area contributed by atoms with Gasteiger partial charge in [-0.05, 0) is 24.4 Å². The molecule has 17 heavy (non-hydrogen) atoms. The summed E-state index contributed by atoms with van der Waals surface area (Å²) < 4.78 is 1.43. The fraction of sp³-hybridized carbons (Fsp3) is 0. The fourth-order valence-electron chi connectivity index (χ4n) is 1.29. The van der Waals surface area contributed by atoms with Crippen LogP contribution < -0.4 is 16.7 Å². The van der Waals surface area contributed by atoms with Gasteiger partial charge in [0, 0.05) is 12.4 Å². The van der Waals surface area contributed by atoms with Gasteiger partial charge in [-0.3, -0.25) is 14.6 Å². The minimum Gasteiger partial charge on any atom is -0.375 e. The van der Waals surface area contributed by atoms with Gasteiger partial charge < -0.3 is 5.73 Å². The minimum absolute atomic E-state index is 0.0371. The van der Waals surface area contributed by atoms with Crippen LogP contribution in [-0.4, -0.2) is 20.7 Å². The van der Waals surface area contributed by atoms with Crippen LogP contribution >= 0.6 is 12.2 Å². The van der Waals surface area contributed by atoms with Gasteiger partial charge in [0.05, 0.1) is 11.8 Å². The zero-order valence-corrected chi connectivity index (χ0v) is 9.52. The first-order chi connectivity index (χ1) is 8.18. The average Bonchev–Trinajstić information content (AvgIpc) is 2.32. The molecule has 0 amide bonds. The Bertz CT molecular complexity index is 648. The standard InChI is InChI=1S/C10H9N5OS/c11-10(17)14-13-6-7-5-12-8-3-1-2-4-15(8)9(7)16/h1-6H,(H3,11,14,17)/b13-6-. The predicted octanol–water partition coefficient (Wildman–Crippen LogP) is -0.138. The molecule has 0 aromatic carbocycles. The van der Waals surface area contributed by atoms with Crippen molar-refractivity contribution in [2.24, 2.45) is 10.8 Å². The summed E-state index contributed by atoms with van der Waals surface area (Å²) in [6.45, 7) is 0. The van der Waals surface area contributed by atoms with Crippen molar-refractivity contribution >= 4 is 29.2 Å². The van der Waals surface area contributed by atoms with Crippen molar-refractivity contribution in [3.8, 4) is 0 Å². The smallest absolute Gasteiger partial charge is 0.266 e. The van der Waals surface area contributed by atoms with Crippen LogP contribution in [0, 0.1) is 0 Å². The summed E-state index contributed by atoms with van der Waals surface area (Å²) in [5.41, 5.74) is 8.29. The third-order valence-corrected chi connectivity index (χ3v) is 2.11. The van der Waals surface area contributed by atoms with Crippen molar-refractivity contribution in [3.05, 3.63) is 46.5 Å². The summed E-state index contributed by atoms with van der Waals surface area (Å²) in [5.74, 6) is 0. The van der Waals surface area contributed by atoms with Gasteiger partial charge in [-0.2, -0.15) is 5.10 Å². The van der Waals surface area contributed by atoms with Crippen molar-refractivity contribution in [1.82, 2.24) is 14.8 Å². The number of rotatable bonds is 2. The second kappa shape index (κ2) is 4.71. The number of fused-ring (bicyclic) bond motifs is 1. The number of aromatic nitrogens is 2. The highest BCUT2D eigenvalue weighted by Crippen LogP contribution is 1.95. The molecule has 0 saturated heterocycles. The number of hydrazone groups is 1. The molecule has 2 rings (SSSR count). The number of nitrogens with zero attached hydrogens (tertiary/aromatic N) is 3. The average molecular weight is 247 g/mol. The van der Waals surface area contributed by atoms with Crippen LogP contribution in [0.25, 0.3) is 5.65 Å². The fourth-order valence-corrected chi connectivity index (χ4v) is 1.35. The van der Waals surface area contributed by atoms with Crippen LogP contribution in [0.2, 0.25) is 0 Å². The largest absolute Gasteiger partial charge is 0.375 e. The lowest BCUT2D eigenvalue weighted by molar-refractivity contribution is 1.02. The Morgan fingerprint density at radius 3 is 3.18 bits per heavy atom. The van der Waals surface area contributed by atoms with E-state index in [0.29, 0.717) is 11.2 Å². The maximum absolute atomic E-state index is 11.9. The molecular formula is C10H9N5OS. The molecular weight excluding hydrogens is 238 g/mol. The number of nitrogens with one attached hydrogen (secondary N) is 1. The second-order valence-corrected chi connectivity index (χ2v) is 3.62. The normalized spacial score (nSPS) is 10.8. The van der Waals surface area contributed by atoms with E-state index in [1.165, 1.54) is 16.8 Å². The lowest BCUT2D eigenvalue weighted by atomic mass is 10.3. The maximum Gasteiger partial charge on any atom is 0.266 e. The highest BCUT2D eigenvalue weighted by Gasteiger charge is 2.01. The lowest BCUT2D eigenvalue weighted by Gasteiger charge is -1.99. The van der Waals surface area contributed by atoms with Gasteiger partial charge in [0.2, 0.25) is 0 Å². The third-order valence-electron chi connectivity index (χ3n) is 2.02. The summed E-state index contributed by atoms with van der Waals surface area (Å²) in [5, 5.41) is 3.75. The zero-order valence-electron chi connectivity index (χ0n) is 8.70. The van der Waals surface area contributed by atoms with Crippen molar-refractivity contribution in [2.45, 2.75) is 0 Å². The van der Waals surface area contributed by atoms with Crippen LogP contribution in [0.15, 0.2) is 40.5 Å². The van der Waals surface area contributed by atoms with Crippen LogP contribution in [0.5, 0.6) is 0 Å². The molecule has 0 aliphatic rings. The maximum atomic E-state index is 11.9. The molecule has 0 radical (unpaired) electrons. The Morgan fingerprint density at radius 1 is 1.59 bits per heavy atom. The topological polar surface area (TPSA) is 84.8 Å². The van der Waals surface area contributed by atoms with E-state index in [9.17, 15) is 4.79 Å². The quantitative estimate of drug-likeness (QED) is 0.438. The Balaban J connectivity index is 2.43. The molecule has 7 heteroatoms. The Hall–Kier alpha value is -2.28. The van der Waals surface area contributed by atoms with Gasteiger partial charge in [0.1, 0.15) is 5.65 Å². The van der Waals surface area contributed by atoms with Crippen molar-refractivity contribution in [3.63, 3.8) is 0 Å². The first-order valence-corrected chi connectivity index (χ1v) is 5.14.